The predicted molar refractivity (Wildman–Crippen MR) is 151 cm³/mol. The standard InChI is InChI=1S/C32H26F3N3O4/c1-20(39)42-19-21-5-11-27(28(16-21)22-6-8-24(9-7-22)32(33,34)35)31(41)37-26-10-12-29-23(17-26)13-15-38(29)30(40)18-25-4-2-3-14-36-25/h2-12,14,16-17H,13,15,18-19H2,1H3,(H,37,41). The average Bonchev–Trinajstić information content (AvgIpc) is 3.39. The molecule has 1 aliphatic heterocycles. The molecule has 0 fully saturated rings. The first-order chi connectivity index (χ1) is 20.1. The van der Waals surface area contributed by atoms with Gasteiger partial charge in [0.05, 0.1) is 12.0 Å². The summed E-state index contributed by atoms with van der Waals surface area (Å²) in [6.07, 6.45) is -2.05. The zero-order chi connectivity index (χ0) is 29.9. The summed E-state index contributed by atoms with van der Waals surface area (Å²) in [7, 11) is 0. The molecule has 5 rings (SSSR count). The molecule has 4 aromatic rings. The van der Waals surface area contributed by atoms with E-state index in [1.165, 1.54) is 19.1 Å². The molecule has 0 saturated heterocycles. The van der Waals surface area contributed by atoms with Crippen LogP contribution in [0.1, 0.15) is 39.7 Å². The second kappa shape index (κ2) is 11.9. The lowest BCUT2D eigenvalue weighted by Crippen LogP contribution is -2.30. The number of alkyl halides is 3. The number of carbonyl (C=O) groups is 3. The highest BCUT2D eigenvalue weighted by Crippen LogP contribution is 2.34. The van der Waals surface area contributed by atoms with E-state index in [1.807, 2.05) is 12.1 Å². The van der Waals surface area contributed by atoms with Crippen LogP contribution in [0.5, 0.6) is 0 Å². The van der Waals surface area contributed by atoms with Crippen molar-refractivity contribution in [2.45, 2.75) is 32.5 Å². The minimum absolute atomic E-state index is 0.0504. The average molecular weight is 574 g/mol. The molecule has 0 bridgehead atoms. The van der Waals surface area contributed by atoms with Gasteiger partial charge >= 0.3 is 12.1 Å². The summed E-state index contributed by atoms with van der Waals surface area (Å²) in [4.78, 5) is 43.6. The van der Waals surface area contributed by atoms with Crippen molar-refractivity contribution in [1.29, 1.82) is 0 Å². The summed E-state index contributed by atoms with van der Waals surface area (Å²) < 4.78 is 44.5. The van der Waals surface area contributed by atoms with E-state index < -0.39 is 23.6 Å². The van der Waals surface area contributed by atoms with E-state index in [9.17, 15) is 27.6 Å². The van der Waals surface area contributed by atoms with Gasteiger partial charge in [0.25, 0.3) is 5.91 Å². The molecule has 1 aromatic heterocycles. The van der Waals surface area contributed by atoms with Crippen molar-refractivity contribution in [1.82, 2.24) is 4.98 Å². The Balaban J connectivity index is 1.37. The van der Waals surface area contributed by atoms with Crippen LogP contribution in [0.25, 0.3) is 11.1 Å². The summed E-state index contributed by atoms with van der Waals surface area (Å²) in [5.41, 5.74) is 3.66. The van der Waals surface area contributed by atoms with Gasteiger partial charge in [0, 0.05) is 42.3 Å². The molecule has 42 heavy (non-hydrogen) atoms. The number of amides is 2. The zero-order valence-corrected chi connectivity index (χ0v) is 22.6. The summed E-state index contributed by atoms with van der Waals surface area (Å²) in [6.45, 7) is 1.73. The van der Waals surface area contributed by atoms with Crippen LogP contribution in [0.3, 0.4) is 0 Å². The molecule has 0 atom stereocenters. The largest absolute Gasteiger partial charge is 0.461 e. The van der Waals surface area contributed by atoms with Crippen LogP contribution >= 0.6 is 0 Å². The van der Waals surface area contributed by atoms with Crippen LogP contribution in [0.15, 0.2) is 85.1 Å². The van der Waals surface area contributed by atoms with Gasteiger partial charge in [-0.15, -0.1) is 0 Å². The van der Waals surface area contributed by atoms with E-state index >= 15 is 0 Å². The Hall–Kier alpha value is -4.99. The SMILES string of the molecule is CC(=O)OCc1ccc(C(=O)Nc2ccc3c(c2)CCN3C(=O)Cc2ccccn2)c(-c2ccc(C(F)(F)F)cc2)c1. The molecule has 0 aliphatic carbocycles. The number of nitrogens with one attached hydrogen (secondary N) is 1. The Morgan fingerprint density at radius 2 is 1.76 bits per heavy atom. The number of esters is 1. The van der Waals surface area contributed by atoms with Gasteiger partial charge in [-0.3, -0.25) is 19.4 Å². The molecule has 214 valence electrons. The van der Waals surface area contributed by atoms with Crippen molar-refractivity contribution < 1.29 is 32.3 Å². The molecule has 0 spiro atoms. The van der Waals surface area contributed by atoms with Crippen LogP contribution < -0.4 is 10.2 Å². The van der Waals surface area contributed by atoms with Gasteiger partial charge in [-0.05, 0) is 83.3 Å². The van der Waals surface area contributed by atoms with Crippen molar-refractivity contribution in [2.24, 2.45) is 0 Å². The van der Waals surface area contributed by atoms with Gasteiger partial charge in [-0.1, -0.05) is 24.3 Å². The van der Waals surface area contributed by atoms with Crippen molar-refractivity contribution in [3.63, 3.8) is 0 Å². The van der Waals surface area contributed by atoms with E-state index in [1.54, 1.807) is 53.6 Å². The van der Waals surface area contributed by atoms with Gasteiger partial charge in [0.2, 0.25) is 5.91 Å². The lowest BCUT2D eigenvalue weighted by atomic mass is 9.96. The number of nitrogens with zero attached hydrogens (tertiary/aromatic N) is 2. The Labute approximate surface area is 240 Å². The number of hydrogen-bond acceptors (Lipinski definition) is 5. The summed E-state index contributed by atoms with van der Waals surface area (Å²) >= 11 is 0. The molecular weight excluding hydrogens is 547 g/mol. The first-order valence-corrected chi connectivity index (χ1v) is 13.2. The van der Waals surface area contributed by atoms with E-state index in [4.69, 9.17) is 4.74 Å². The lowest BCUT2D eigenvalue weighted by Gasteiger charge is -2.18. The Bertz CT molecular complexity index is 1640. The molecule has 7 nitrogen and oxygen atoms in total. The highest BCUT2D eigenvalue weighted by molar-refractivity contribution is 6.09. The van der Waals surface area contributed by atoms with Crippen molar-refractivity contribution in [3.05, 3.63) is 113 Å². The van der Waals surface area contributed by atoms with E-state index in [-0.39, 0.29) is 24.5 Å². The number of rotatable bonds is 7. The van der Waals surface area contributed by atoms with Gasteiger partial charge in [0.15, 0.2) is 0 Å². The molecule has 10 heteroatoms. The third-order valence-corrected chi connectivity index (χ3v) is 6.89. The molecule has 0 unspecified atom stereocenters. The van der Waals surface area contributed by atoms with Gasteiger partial charge < -0.3 is 15.0 Å². The molecular formula is C32H26F3N3O4. The fourth-order valence-electron chi connectivity index (χ4n) is 4.83. The second-order valence-electron chi connectivity index (χ2n) is 9.83. The monoisotopic (exact) mass is 573 g/mol. The molecule has 1 N–H and O–H groups in total. The summed E-state index contributed by atoms with van der Waals surface area (Å²) in [5.74, 6) is -1.02. The number of carbonyl (C=O) groups excluding carboxylic acids is 3. The van der Waals surface area contributed by atoms with Crippen LogP contribution in [0.4, 0.5) is 24.5 Å². The number of hydrogen-bond donors (Lipinski definition) is 1. The minimum Gasteiger partial charge on any atom is -0.461 e. The molecule has 3 aromatic carbocycles. The van der Waals surface area contributed by atoms with Gasteiger partial charge in [-0.2, -0.15) is 13.2 Å². The van der Waals surface area contributed by atoms with Crippen LogP contribution in [0.2, 0.25) is 0 Å². The maximum Gasteiger partial charge on any atom is 0.416 e. The van der Waals surface area contributed by atoms with Crippen LogP contribution in [-0.4, -0.2) is 29.3 Å². The lowest BCUT2D eigenvalue weighted by molar-refractivity contribution is -0.142. The molecule has 0 saturated carbocycles. The fourth-order valence-corrected chi connectivity index (χ4v) is 4.83. The van der Waals surface area contributed by atoms with E-state index in [0.29, 0.717) is 41.0 Å². The third kappa shape index (κ3) is 6.49. The minimum atomic E-state index is -4.50. The maximum absolute atomic E-state index is 13.4. The van der Waals surface area contributed by atoms with Crippen molar-refractivity contribution in [3.8, 4) is 11.1 Å². The van der Waals surface area contributed by atoms with Crippen molar-refractivity contribution in [2.75, 3.05) is 16.8 Å². The fraction of sp³-hybridized carbons (Fsp3) is 0.188. The molecule has 2 amide bonds. The third-order valence-electron chi connectivity index (χ3n) is 6.89. The number of pyridine rings is 1. The normalized spacial score (nSPS) is 12.5. The Kier molecular flexibility index (Phi) is 8.06. The molecule has 0 radical (unpaired) electrons. The maximum atomic E-state index is 13.4. The highest BCUT2D eigenvalue weighted by atomic mass is 19.4. The Morgan fingerprint density at radius 1 is 0.976 bits per heavy atom. The zero-order valence-electron chi connectivity index (χ0n) is 22.6. The quantitative estimate of drug-likeness (QED) is 0.266. The van der Waals surface area contributed by atoms with Crippen LogP contribution in [0, 0.1) is 0 Å². The number of anilines is 2. The van der Waals surface area contributed by atoms with E-state index in [0.717, 1.165) is 23.4 Å². The number of aromatic nitrogens is 1. The Morgan fingerprint density at radius 3 is 2.45 bits per heavy atom. The van der Waals surface area contributed by atoms with Crippen LogP contribution in [-0.2, 0) is 40.0 Å². The van der Waals surface area contributed by atoms with E-state index in [2.05, 4.69) is 10.3 Å². The summed E-state index contributed by atoms with van der Waals surface area (Å²) in [5, 5.41) is 2.87. The van der Waals surface area contributed by atoms with Gasteiger partial charge in [-0.25, -0.2) is 0 Å². The van der Waals surface area contributed by atoms with Crippen molar-refractivity contribution >= 4 is 29.2 Å². The molecule has 2 heterocycles. The predicted octanol–water partition coefficient (Wildman–Crippen LogP) is 6.21. The first kappa shape index (κ1) is 28.5. The number of benzene rings is 3. The number of fused-ring (bicyclic) bond motifs is 1. The second-order valence-corrected chi connectivity index (χ2v) is 9.83. The summed E-state index contributed by atoms with van der Waals surface area (Å²) in [6, 6.07) is 20.0. The first-order valence-electron chi connectivity index (χ1n) is 13.2. The highest BCUT2D eigenvalue weighted by Gasteiger charge is 2.30. The number of halogens is 3. The topological polar surface area (TPSA) is 88.6 Å². The smallest absolute Gasteiger partial charge is 0.416 e. The van der Waals surface area contributed by atoms with Gasteiger partial charge in [0.1, 0.15) is 6.61 Å². The number of ether oxygens (including phenoxy) is 1. The molecule has 1 aliphatic rings.